The Bertz CT molecular complexity index is 608. The molecule has 3 rings (SSSR count). The molecule has 5 nitrogen and oxygen atoms in total. The molecule has 1 aromatic heterocycles. The maximum Gasteiger partial charge on any atom is 0.164 e. The van der Waals surface area contributed by atoms with E-state index in [1.54, 1.807) is 6.33 Å². The molecular formula is C16H22N4O. The first-order valence-corrected chi connectivity index (χ1v) is 7.67. The van der Waals surface area contributed by atoms with Crippen LogP contribution < -0.4 is 10.1 Å². The fourth-order valence-corrected chi connectivity index (χ4v) is 2.95. The molecule has 1 aliphatic carbocycles. The van der Waals surface area contributed by atoms with Crippen molar-refractivity contribution in [3.63, 3.8) is 0 Å². The summed E-state index contributed by atoms with van der Waals surface area (Å²) in [5, 5.41) is 7.68. The Morgan fingerprint density at radius 1 is 1.38 bits per heavy atom. The molecule has 21 heavy (non-hydrogen) atoms. The number of fused-ring (bicyclic) bond motifs is 1. The van der Waals surface area contributed by atoms with Gasteiger partial charge in [0.15, 0.2) is 5.82 Å². The summed E-state index contributed by atoms with van der Waals surface area (Å²) in [7, 11) is 0. The summed E-state index contributed by atoms with van der Waals surface area (Å²) in [6.45, 7) is 6.49. The summed E-state index contributed by atoms with van der Waals surface area (Å²) in [5.74, 6) is 1.78. The topological polar surface area (TPSA) is 52.0 Å². The molecule has 112 valence electrons. The molecule has 0 aliphatic heterocycles. The minimum absolute atomic E-state index is 0.462. The van der Waals surface area contributed by atoms with Gasteiger partial charge in [-0.25, -0.2) is 9.67 Å². The van der Waals surface area contributed by atoms with Crippen molar-refractivity contribution >= 4 is 0 Å². The number of aromatic nitrogens is 3. The molecule has 1 N–H and O–H groups in total. The number of ether oxygens (including phenoxy) is 1. The van der Waals surface area contributed by atoms with Gasteiger partial charge >= 0.3 is 0 Å². The number of hydrogen-bond donors (Lipinski definition) is 1. The number of hydrogen-bond acceptors (Lipinski definition) is 4. The minimum atomic E-state index is 0.462. The quantitative estimate of drug-likeness (QED) is 0.886. The van der Waals surface area contributed by atoms with Gasteiger partial charge in [0.05, 0.1) is 0 Å². The third-order valence-electron chi connectivity index (χ3n) is 4.01. The first kappa shape index (κ1) is 14.1. The SMILES string of the molecule is CCNC1CCc2cc(OCc3ncnn3CC)ccc21. The molecule has 5 heteroatoms. The van der Waals surface area contributed by atoms with Crippen molar-refractivity contribution in [2.24, 2.45) is 0 Å². The lowest BCUT2D eigenvalue weighted by atomic mass is 10.1. The average molecular weight is 286 g/mol. The van der Waals surface area contributed by atoms with Gasteiger partial charge in [0.1, 0.15) is 18.7 Å². The zero-order valence-corrected chi connectivity index (χ0v) is 12.7. The molecule has 0 bridgehead atoms. The van der Waals surface area contributed by atoms with Crippen LogP contribution >= 0.6 is 0 Å². The molecule has 2 aromatic rings. The van der Waals surface area contributed by atoms with E-state index in [1.807, 2.05) is 4.68 Å². The molecule has 0 spiro atoms. The van der Waals surface area contributed by atoms with Crippen molar-refractivity contribution in [3.8, 4) is 5.75 Å². The second-order valence-corrected chi connectivity index (χ2v) is 5.29. The summed E-state index contributed by atoms with van der Waals surface area (Å²) in [6, 6.07) is 6.91. The maximum atomic E-state index is 5.87. The smallest absolute Gasteiger partial charge is 0.164 e. The van der Waals surface area contributed by atoms with E-state index in [-0.39, 0.29) is 0 Å². The van der Waals surface area contributed by atoms with Crippen LogP contribution in [0.15, 0.2) is 24.5 Å². The van der Waals surface area contributed by atoms with E-state index in [4.69, 9.17) is 4.74 Å². The lowest BCUT2D eigenvalue weighted by molar-refractivity contribution is 0.287. The number of nitrogens with one attached hydrogen (secondary N) is 1. The lowest BCUT2D eigenvalue weighted by Gasteiger charge is -2.13. The highest BCUT2D eigenvalue weighted by Gasteiger charge is 2.21. The van der Waals surface area contributed by atoms with Crippen molar-refractivity contribution in [3.05, 3.63) is 41.5 Å². The molecule has 0 radical (unpaired) electrons. The second kappa shape index (κ2) is 6.26. The molecule has 0 amide bonds. The van der Waals surface area contributed by atoms with Crippen LogP contribution in [0.3, 0.4) is 0 Å². The van der Waals surface area contributed by atoms with E-state index < -0.39 is 0 Å². The van der Waals surface area contributed by atoms with Gasteiger partial charge in [-0.05, 0) is 49.6 Å². The zero-order valence-electron chi connectivity index (χ0n) is 12.7. The van der Waals surface area contributed by atoms with Crippen LogP contribution in [0.5, 0.6) is 5.75 Å². The van der Waals surface area contributed by atoms with E-state index in [9.17, 15) is 0 Å². The highest BCUT2D eigenvalue weighted by atomic mass is 16.5. The number of rotatable bonds is 6. The molecule has 0 fully saturated rings. The Morgan fingerprint density at radius 3 is 3.10 bits per heavy atom. The third-order valence-corrected chi connectivity index (χ3v) is 4.01. The van der Waals surface area contributed by atoms with Crippen molar-refractivity contribution in [1.29, 1.82) is 0 Å². The Balaban J connectivity index is 1.68. The van der Waals surface area contributed by atoms with Crippen LogP contribution in [-0.2, 0) is 19.6 Å². The number of aryl methyl sites for hydroxylation is 2. The van der Waals surface area contributed by atoms with E-state index in [0.717, 1.165) is 31.1 Å². The van der Waals surface area contributed by atoms with E-state index in [1.165, 1.54) is 17.5 Å². The first-order chi connectivity index (χ1) is 10.3. The maximum absolute atomic E-state index is 5.87. The molecular weight excluding hydrogens is 264 g/mol. The standard InChI is InChI=1S/C16H22N4O/c1-3-17-15-8-5-12-9-13(6-7-14(12)15)21-10-16-18-11-19-20(16)4-2/h6-7,9,11,15,17H,3-5,8,10H2,1-2H3. The van der Waals surface area contributed by atoms with Crippen molar-refractivity contribution in [2.45, 2.75) is 45.9 Å². The largest absolute Gasteiger partial charge is 0.486 e. The average Bonchev–Trinajstić information content (AvgIpc) is 3.12. The molecule has 1 aromatic carbocycles. The van der Waals surface area contributed by atoms with E-state index >= 15 is 0 Å². The summed E-state index contributed by atoms with van der Waals surface area (Å²) < 4.78 is 7.73. The zero-order chi connectivity index (χ0) is 14.7. The fourth-order valence-electron chi connectivity index (χ4n) is 2.95. The van der Waals surface area contributed by atoms with Crippen molar-refractivity contribution in [1.82, 2.24) is 20.1 Å². The van der Waals surface area contributed by atoms with Crippen molar-refractivity contribution in [2.75, 3.05) is 6.54 Å². The van der Waals surface area contributed by atoms with Gasteiger partial charge in [0.25, 0.3) is 0 Å². The summed E-state index contributed by atoms with van der Waals surface area (Å²) in [6.07, 6.45) is 3.87. The van der Waals surface area contributed by atoms with Crippen LogP contribution in [0.1, 0.15) is 43.3 Å². The number of benzene rings is 1. The fraction of sp³-hybridized carbons (Fsp3) is 0.500. The summed E-state index contributed by atoms with van der Waals surface area (Å²) in [4.78, 5) is 4.23. The van der Waals surface area contributed by atoms with E-state index in [2.05, 4.69) is 47.4 Å². The predicted octanol–water partition coefficient (Wildman–Crippen LogP) is 2.47. The van der Waals surface area contributed by atoms with Crippen LogP contribution in [0.25, 0.3) is 0 Å². The van der Waals surface area contributed by atoms with Crippen LogP contribution in [-0.4, -0.2) is 21.3 Å². The van der Waals surface area contributed by atoms with E-state index in [0.29, 0.717) is 12.6 Å². The molecule has 1 aliphatic rings. The van der Waals surface area contributed by atoms with Gasteiger partial charge in [-0.2, -0.15) is 5.10 Å². The Kier molecular flexibility index (Phi) is 4.20. The van der Waals surface area contributed by atoms with Crippen LogP contribution in [0, 0.1) is 0 Å². The van der Waals surface area contributed by atoms with Crippen molar-refractivity contribution < 1.29 is 4.74 Å². The molecule has 1 unspecified atom stereocenters. The number of nitrogens with zero attached hydrogens (tertiary/aromatic N) is 3. The van der Waals surface area contributed by atoms with Gasteiger partial charge in [-0.15, -0.1) is 0 Å². The lowest BCUT2D eigenvalue weighted by Crippen LogP contribution is -2.18. The minimum Gasteiger partial charge on any atom is -0.486 e. The third kappa shape index (κ3) is 2.93. The van der Waals surface area contributed by atoms with Crippen LogP contribution in [0.4, 0.5) is 0 Å². The predicted molar refractivity (Wildman–Crippen MR) is 81.2 cm³/mol. The Morgan fingerprint density at radius 2 is 2.29 bits per heavy atom. The van der Waals surface area contributed by atoms with Gasteiger partial charge in [-0.1, -0.05) is 13.0 Å². The second-order valence-electron chi connectivity index (χ2n) is 5.29. The van der Waals surface area contributed by atoms with Gasteiger partial charge in [0, 0.05) is 12.6 Å². The summed E-state index contributed by atoms with van der Waals surface area (Å²) in [5.41, 5.74) is 2.82. The summed E-state index contributed by atoms with van der Waals surface area (Å²) >= 11 is 0. The molecule has 1 atom stereocenters. The van der Waals surface area contributed by atoms with Gasteiger partial charge < -0.3 is 10.1 Å². The first-order valence-electron chi connectivity index (χ1n) is 7.67. The Labute approximate surface area is 125 Å². The van der Waals surface area contributed by atoms with Gasteiger partial charge in [0.2, 0.25) is 0 Å². The molecule has 1 heterocycles. The monoisotopic (exact) mass is 286 g/mol. The molecule has 0 saturated carbocycles. The Hall–Kier alpha value is -1.88. The normalized spacial score (nSPS) is 17.0. The van der Waals surface area contributed by atoms with Crippen LogP contribution in [0.2, 0.25) is 0 Å². The highest BCUT2D eigenvalue weighted by Crippen LogP contribution is 2.33. The van der Waals surface area contributed by atoms with Gasteiger partial charge in [-0.3, -0.25) is 0 Å². The molecule has 0 saturated heterocycles. The highest BCUT2D eigenvalue weighted by molar-refractivity contribution is 5.40.